The molecule has 1 aliphatic carbocycles. The second kappa shape index (κ2) is 13.6. The Morgan fingerprint density at radius 3 is 2.64 bits per heavy atom. The van der Waals surface area contributed by atoms with E-state index in [0.29, 0.717) is 55.1 Å². The number of rotatable bonds is 10. The smallest absolute Gasteiger partial charge is 0.433 e. The number of nitriles is 1. The quantitative estimate of drug-likeness (QED) is 0.384. The van der Waals surface area contributed by atoms with Gasteiger partial charge in [-0.1, -0.05) is 32.1 Å². The lowest BCUT2D eigenvalue weighted by molar-refractivity contribution is -0.141. The Kier molecular flexibility index (Phi) is 9.91. The zero-order valence-electron chi connectivity index (χ0n) is 23.7. The molecule has 0 radical (unpaired) electrons. The molecule has 1 fully saturated rings. The number of alkyl halides is 3. The van der Waals surface area contributed by atoms with Crippen molar-refractivity contribution in [3.05, 3.63) is 76.6 Å². The number of oxazole rings is 1. The molecule has 0 amide bonds. The Morgan fingerprint density at radius 2 is 1.98 bits per heavy atom. The summed E-state index contributed by atoms with van der Waals surface area (Å²) in [6.07, 6.45) is 8.19. The van der Waals surface area contributed by atoms with Crippen LogP contribution in [0.5, 0.6) is 0 Å². The van der Waals surface area contributed by atoms with E-state index < -0.39 is 11.9 Å². The molecule has 0 unspecified atom stereocenters. The molecule has 2 aromatic rings. The number of ketones is 1. The molecule has 1 saturated heterocycles. The zero-order valence-corrected chi connectivity index (χ0v) is 23.7. The molecule has 0 aromatic carbocycles. The number of aromatic nitrogens is 3. The van der Waals surface area contributed by atoms with Gasteiger partial charge in [-0.2, -0.15) is 18.4 Å². The summed E-state index contributed by atoms with van der Waals surface area (Å²) in [5, 5.41) is 10.1. The van der Waals surface area contributed by atoms with Gasteiger partial charge in [-0.15, -0.1) is 0 Å². The number of allylic oxidation sites excluding steroid dienone is 7. The van der Waals surface area contributed by atoms with Crippen LogP contribution in [0.15, 0.2) is 58.7 Å². The molecule has 2 aromatic heterocycles. The largest absolute Gasteiger partial charge is 0.436 e. The third-order valence-corrected chi connectivity index (χ3v) is 6.94. The Hall–Kier alpha value is -4.30. The van der Waals surface area contributed by atoms with E-state index in [1.807, 2.05) is 36.1 Å². The summed E-state index contributed by atoms with van der Waals surface area (Å²) < 4.78 is 45.1. The average Bonchev–Trinajstić information content (AvgIpc) is 3.31. The summed E-state index contributed by atoms with van der Waals surface area (Å²) in [5.41, 5.74) is 2.72. The van der Waals surface area contributed by atoms with E-state index >= 15 is 0 Å². The van der Waals surface area contributed by atoms with Crippen LogP contribution < -0.4 is 15.7 Å². The number of anilines is 1. The van der Waals surface area contributed by atoms with Crippen LogP contribution in [0.4, 0.5) is 19.1 Å². The SMILES string of the molecule is C=C(/C=C\C(=C/C)c1nc2c(o1)=C(CCC)C=C(C#N)CC=2)CC(=O)CN1CCN(c2nccc(C(F)(F)F)n2)CC1. The lowest BCUT2D eigenvalue weighted by atomic mass is 10.1. The second-order valence-electron chi connectivity index (χ2n) is 10.2. The number of hydrogen-bond donors (Lipinski definition) is 0. The molecule has 0 bridgehead atoms. The average molecular weight is 579 g/mol. The van der Waals surface area contributed by atoms with E-state index in [9.17, 15) is 23.2 Å². The van der Waals surface area contributed by atoms with Crippen molar-refractivity contribution in [3.8, 4) is 6.07 Å². The van der Waals surface area contributed by atoms with Crippen LogP contribution >= 0.6 is 0 Å². The molecule has 1 aliphatic heterocycles. The van der Waals surface area contributed by atoms with Gasteiger partial charge in [-0.3, -0.25) is 9.69 Å². The third-order valence-electron chi connectivity index (χ3n) is 6.94. The van der Waals surface area contributed by atoms with E-state index in [1.54, 1.807) is 11.0 Å². The molecule has 2 aliphatic rings. The van der Waals surface area contributed by atoms with Gasteiger partial charge in [-0.25, -0.2) is 15.0 Å². The van der Waals surface area contributed by atoms with Gasteiger partial charge in [0.15, 0.2) is 11.2 Å². The highest BCUT2D eigenvalue weighted by molar-refractivity contribution is 5.83. The third kappa shape index (κ3) is 7.70. The molecule has 4 rings (SSSR count). The molecular weight excluding hydrogens is 545 g/mol. The molecule has 8 nitrogen and oxygen atoms in total. The van der Waals surface area contributed by atoms with Gasteiger partial charge < -0.3 is 9.32 Å². The Morgan fingerprint density at radius 1 is 1.21 bits per heavy atom. The summed E-state index contributed by atoms with van der Waals surface area (Å²) in [4.78, 5) is 28.7. The number of carbonyl (C=O) groups excluding carboxylic acids is 1. The maximum Gasteiger partial charge on any atom is 0.433 e. The fourth-order valence-corrected chi connectivity index (χ4v) is 4.78. The summed E-state index contributed by atoms with van der Waals surface area (Å²) in [7, 11) is 0. The first-order valence-corrected chi connectivity index (χ1v) is 13.8. The highest BCUT2D eigenvalue weighted by Crippen LogP contribution is 2.28. The Labute approximate surface area is 242 Å². The van der Waals surface area contributed by atoms with Crippen molar-refractivity contribution in [1.82, 2.24) is 19.9 Å². The minimum atomic E-state index is -4.53. The summed E-state index contributed by atoms with van der Waals surface area (Å²) in [5.74, 6) is 0.489. The number of halogens is 3. The second-order valence-corrected chi connectivity index (χ2v) is 10.2. The van der Waals surface area contributed by atoms with Gasteiger partial charge in [0.2, 0.25) is 11.8 Å². The van der Waals surface area contributed by atoms with Crippen LogP contribution in [-0.2, 0) is 11.0 Å². The van der Waals surface area contributed by atoms with Gasteiger partial charge in [0, 0.05) is 56.4 Å². The lowest BCUT2D eigenvalue weighted by Gasteiger charge is -2.34. The predicted octanol–water partition coefficient (Wildman–Crippen LogP) is 4.37. The molecular formula is C31H33F3N6O2. The molecule has 220 valence electrons. The molecule has 0 atom stereocenters. The van der Waals surface area contributed by atoms with E-state index in [2.05, 4.69) is 34.5 Å². The van der Waals surface area contributed by atoms with Gasteiger partial charge in [0.1, 0.15) is 11.0 Å². The van der Waals surface area contributed by atoms with Crippen LogP contribution in [0, 0.1) is 11.3 Å². The highest BCUT2D eigenvalue weighted by atomic mass is 19.4. The molecule has 0 N–H and O–H groups in total. The number of fused-ring (bicyclic) bond motifs is 1. The standard InChI is InChI=1S/C31H33F3N6O2/c1-4-6-24-18-22(19-35)8-10-26-28(24)42-29(37-26)23(5-2)9-7-21(3)17-25(41)20-39-13-15-40(16-14-39)30-36-12-11-27(38-30)31(32,33)34/h5,7,9-12,18H,3-4,6,8,13-17,20H2,1-2H3/b9-7-,23-5+. The maximum atomic E-state index is 13.0. The van der Waals surface area contributed by atoms with Crippen molar-refractivity contribution >= 4 is 29.0 Å². The number of piperazine rings is 1. The molecule has 3 heterocycles. The fraction of sp³-hybridized carbons (Fsp3) is 0.387. The first-order chi connectivity index (χ1) is 20.1. The summed E-state index contributed by atoms with van der Waals surface area (Å²) in [6, 6.07) is 3.08. The molecule has 42 heavy (non-hydrogen) atoms. The molecule has 0 saturated carbocycles. The van der Waals surface area contributed by atoms with Crippen LogP contribution in [0.3, 0.4) is 0 Å². The monoisotopic (exact) mass is 578 g/mol. The van der Waals surface area contributed by atoms with Crippen LogP contribution in [-0.4, -0.2) is 58.4 Å². The van der Waals surface area contributed by atoms with Crippen molar-refractivity contribution in [2.24, 2.45) is 0 Å². The predicted molar refractivity (Wildman–Crippen MR) is 154 cm³/mol. The first kappa shape index (κ1) is 30.7. The molecule has 0 spiro atoms. The number of carbonyl (C=O) groups is 1. The van der Waals surface area contributed by atoms with Crippen LogP contribution in [0.1, 0.15) is 51.1 Å². The lowest BCUT2D eigenvalue weighted by Crippen LogP contribution is -2.48. The normalized spacial score (nSPS) is 16.5. The van der Waals surface area contributed by atoms with E-state index in [0.717, 1.165) is 41.6 Å². The van der Waals surface area contributed by atoms with E-state index in [-0.39, 0.29) is 24.7 Å². The van der Waals surface area contributed by atoms with Crippen molar-refractivity contribution in [1.29, 1.82) is 5.26 Å². The van der Waals surface area contributed by atoms with Gasteiger partial charge in [0.25, 0.3) is 0 Å². The summed E-state index contributed by atoms with van der Waals surface area (Å²) in [6.45, 7) is 10.0. The Bertz CT molecular complexity index is 1590. The number of nitrogens with zero attached hydrogens (tertiary/aromatic N) is 6. The van der Waals surface area contributed by atoms with Gasteiger partial charge in [0.05, 0.1) is 12.6 Å². The number of Topliss-reactive ketones (excluding diaryl/α,β-unsaturated/α-hetero) is 1. The van der Waals surface area contributed by atoms with Crippen LogP contribution in [0.2, 0.25) is 0 Å². The van der Waals surface area contributed by atoms with Crippen LogP contribution in [0.25, 0.3) is 17.2 Å². The highest BCUT2D eigenvalue weighted by Gasteiger charge is 2.33. The minimum absolute atomic E-state index is 0.00761. The topological polar surface area (TPSA) is 99.1 Å². The van der Waals surface area contributed by atoms with E-state index in [4.69, 9.17) is 4.42 Å². The maximum absolute atomic E-state index is 13.0. The van der Waals surface area contributed by atoms with Crippen molar-refractivity contribution < 1.29 is 22.4 Å². The van der Waals surface area contributed by atoms with Crippen molar-refractivity contribution in [2.75, 3.05) is 37.6 Å². The van der Waals surface area contributed by atoms with E-state index in [1.165, 1.54) is 0 Å². The molecule has 11 heteroatoms. The zero-order chi connectivity index (χ0) is 30.3. The fourth-order valence-electron chi connectivity index (χ4n) is 4.78. The minimum Gasteiger partial charge on any atom is -0.436 e. The number of hydrogen-bond acceptors (Lipinski definition) is 8. The first-order valence-electron chi connectivity index (χ1n) is 13.8. The Balaban J connectivity index is 1.33. The van der Waals surface area contributed by atoms with Gasteiger partial charge in [-0.05, 0) is 48.8 Å². The summed E-state index contributed by atoms with van der Waals surface area (Å²) >= 11 is 0. The van der Waals surface area contributed by atoms with Crippen molar-refractivity contribution in [3.63, 3.8) is 0 Å². The van der Waals surface area contributed by atoms with Gasteiger partial charge >= 0.3 is 6.18 Å². The van der Waals surface area contributed by atoms with Crippen molar-refractivity contribution in [2.45, 2.75) is 45.7 Å².